The van der Waals surface area contributed by atoms with Crippen molar-refractivity contribution in [3.05, 3.63) is 0 Å². The second-order valence-corrected chi connectivity index (χ2v) is 2.81. The number of hydrogen-bond acceptors (Lipinski definition) is 3. The van der Waals surface area contributed by atoms with E-state index in [-0.39, 0.29) is 6.29 Å². The van der Waals surface area contributed by atoms with E-state index < -0.39 is 0 Å². The molecule has 2 saturated heterocycles. The zero-order valence-corrected chi connectivity index (χ0v) is 6.01. The van der Waals surface area contributed by atoms with Gasteiger partial charge in [-0.15, -0.1) is 0 Å². The van der Waals surface area contributed by atoms with Gasteiger partial charge in [0, 0.05) is 0 Å². The summed E-state index contributed by atoms with van der Waals surface area (Å²) in [5, 5.41) is 3.35. The van der Waals surface area contributed by atoms with Crippen molar-refractivity contribution in [2.24, 2.45) is 0 Å². The first kappa shape index (κ1) is 6.58. The maximum atomic E-state index is 5.35. The van der Waals surface area contributed by atoms with Crippen LogP contribution in [0.5, 0.6) is 0 Å². The van der Waals surface area contributed by atoms with Crippen LogP contribution in [0.1, 0.15) is 12.8 Å². The normalized spacial score (nSPS) is 35.4. The number of nitrogens with one attached hydrogen (secondary N) is 1. The molecule has 0 saturated carbocycles. The van der Waals surface area contributed by atoms with Crippen LogP contribution in [0.15, 0.2) is 0 Å². The highest BCUT2D eigenvalue weighted by atomic mass is 16.7. The predicted molar refractivity (Wildman–Crippen MR) is 36.7 cm³/mol. The fourth-order valence-corrected chi connectivity index (χ4v) is 1.55. The molecule has 1 atom stereocenters. The van der Waals surface area contributed by atoms with Gasteiger partial charge in [0.15, 0.2) is 6.29 Å². The van der Waals surface area contributed by atoms with Crippen molar-refractivity contribution in [1.29, 1.82) is 0 Å². The molecule has 2 fully saturated rings. The Morgan fingerprint density at radius 1 is 1.20 bits per heavy atom. The van der Waals surface area contributed by atoms with Crippen LogP contribution in [0.3, 0.4) is 0 Å². The van der Waals surface area contributed by atoms with Crippen LogP contribution in [0.4, 0.5) is 0 Å². The molecule has 0 bridgehead atoms. The van der Waals surface area contributed by atoms with Crippen LogP contribution in [-0.2, 0) is 9.47 Å². The van der Waals surface area contributed by atoms with E-state index in [1.165, 1.54) is 12.8 Å². The van der Waals surface area contributed by atoms with Crippen LogP contribution in [0, 0.1) is 0 Å². The fourth-order valence-electron chi connectivity index (χ4n) is 1.55. The van der Waals surface area contributed by atoms with Gasteiger partial charge in [-0.05, 0) is 19.4 Å². The molecule has 0 radical (unpaired) electrons. The van der Waals surface area contributed by atoms with E-state index in [1.807, 2.05) is 0 Å². The van der Waals surface area contributed by atoms with Crippen molar-refractivity contribution in [1.82, 2.24) is 5.32 Å². The van der Waals surface area contributed by atoms with Crippen molar-refractivity contribution < 1.29 is 9.47 Å². The molecule has 0 aliphatic carbocycles. The summed E-state index contributed by atoms with van der Waals surface area (Å²) in [7, 11) is 0. The predicted octanol–water partition coefficient (Wildman–Crippen LogP) is 0.111. The van der Waals surface area contributed by atoms with Crippen LogP contribution < -0.4 is 5.32 Å². The number of hydrogen-bond donors (Lipinski definition) is 1. The Morgan fingerprint density at radius 3 is 2.60 bits per heavy atom. The highest BCUT2D eigenvalue weighted by Gasteiger charge is 2.28. The first-order valence-corrected chi connectivity index (χ1v) is 3.93. The lowest BCUT2D eigenvalue weighted by atomic mass is 10.2. The van der Waals surface area contributed by atoms with Crippen LogP contribution in [-0.4, -0.2) is 32.1 Å². The lowest BCUT2D eigenvalue weighted by molar-refractivity contribution is -0.0631. The molecule has 0 aromatic rings. The third-order valence-corrected chi connectivity index (χ3v) is 2.07. The van der Waals surface area contributed by atoms with E-state index in [0.29, 0.717) is 6.04 Å². The van der Waals surface area contributed by atoms with E-state index >= 15 is 0 Å². The molecule has 3 nitrogen and oxygen atoms in total. The van der Waals surface area contributed by atoms with Gasteiger partial charge < -0.3 is 14.8 Å². The van der Waals surface area contributed by atoms with E-state index in [2.05, 4.69) is 5.32 Å². The Bertz CT molecular complexity index is 92.2. The van der Waals surface area contributed by atoms with Crippen LogP contribution >= 0.6 is 0 Å². The molecule has 3 heteroatoms. The average Bonchev–Trinajstić information content (AvgIpc) is 2.59. The third kappa shape index (κ3) is 1.17. The fraction of sp³-hybridized carbons (Fsp3) is 1.00. The summed E-state index contributed by atoms with van der Waals surface area (Å²) in [5.41, 5.74) is 0. The van der Waals surface area contributed by atoms with Gasteiger partial charge in [0.2, 0.25) is 0 Å². The summed E-state index contributed by atoms with van der Waals surface area (Å²) in [5.74, 6) is 0. The topological polar surface area (TPSA) is 30.5 Å². The largest absolute Gasteiger partial charge is 0.349 e. The van der Waals surface area contributed by atoms with E-state index in [0.717, 1.165) is 19.8 Å². The third-order valence-electron chi connectivity index (χ3n) is 2.07. The minimum absolute atomic E-state index is 0.0440. The summed E-state index contributed by atoms with van der Waals surface area (Å²) >= 11 is 0. The maximum Gasteiger partial charge on any atom is 0.172 e. The molecular weight excluding hydrogens is 130 g/mol. The second-order valence-electron chi connectivity index (χ2n) is 2.81. The molecule has 1 unspecified atom stereocenters. The Balaban J connectivity index is 1.85. The molecule has 2 heterocycles. The molecule has 0 amide bonds. The minimum Gasteiger partial charge on any atom is -0.349 e. The standard InChI is InChI=1S/C7H13NO2/c1-2-6(8-3-1)7-9-4-5-10-7/h6-8H,1-5H2. The van der Waals surface area contributed by atoms with E-state index in [9.17, 15) is 0 Å². The number of rotatable bonds is 1. The average molecular weight is 143 g/mol. The SMILES string of the molecule is C1CNC(C2OCCO2)C1. The highest BCUT2D eigenvalue weighted by molar-refractivity contribution is 4.78. The van der Waals surface area contributed by atoms with Gasteiger partial charge >= 0.3 is 0 Å². The lowest BCUT2D eigenvalue weighted by Gasteiger charge is -2.16. The van der Waals surface area contributed by atoms with E-state index in [4.69, 9.17) is 9.47 Å². The molecular formula is C7H13NO2. The molecule has 10 heavy (non-hydrogen) atoms. The van der Waals surface area contributed by atoms with Gasteiger partial charge in [0.05, 0.1) is 19.3 Å². The molecule has 2 aliphatic rings. The van der Waals surface area contributed by atoms with Gasteiger partial charge in [-0.25, -0.2) is 0 Å². The van der Waals surface area contributed by atoms with Crippen molar-refractivity contribution in [2.45, 2.75) is 25.2 Å². The monoisotopic (exact) mass is 143 g/mol. The molecule has 2 aliphatic heterocycles. The first-order valence-electron chi connectivity index (χ1n) is 3.93. The Kier molecular flexibility index (Phi) is 1.88. The van der Waals surface area contributed by atoms with Gasteiger partial charge in [-0.3, -0.25) is 0 Å². The molecule has 0 spiro atoms. The van der Waals surface area contributed by atoms with Gasteiger partial charge in [0.25, 0.3) is 0 Å². The van der Waals surface area contributed by atoms with Crippen molar-refractivity contribution in [3.63, 3.8) is 0 Å². The van der Waals surface area contributed by atoms with Crippen molar-refractivity contribution >= 4 is 0 Å². The maximum absolute atomic E-state index is 5.35. The summed E-state index contributed by atoms with van der Waals surface area (Å²) in [6, 6.07) is 0.461. The van der Waals surface area contributed by atoms with Crippen LogP contribution in [0.25, 0.3) is 0 Å². The molecule has 2 rings (SSSR count). The Labute approximate surface area is 60.7 Å². The van der Waals surface area contributed by atoms with Gasteiger partial charge in [-0.2, -0.15) is 0 Å². The number of ether oxygens (including phenoxy) is 2. The van der Waals surface area contributed by atoms with Gasteiger partial charge in [-0.1, -0.05) is 0 Å². The zero-order chi connectivity index (χ0) is 6.81. The Hall–Kier alpha value is -0.120. The summed E-state index contributed by atoms with van der Waals surface area (Å²) in [4.78, 5) is 0. The van der Waals surface area contributed by atoms with Crippen molar-refractivity contribution in [3.8, 4) is 0 Å². The minimum atomic E-state index is 0.0440. The van der Waals surface area contributed by atoms with Crippen LogP contribution in [0.2, 0.25) is 0 Å². The highest BCUT2D eigenvalue weighted by Crippen LogP contribution is 2.16. The Morgan fingerprint density at radius 2 is 2.00 bits per heavy atom. The van der Waals surface area contributed by atoms with Crippen molar-refractivity contribution in [2.75, 3.05) is 19.8 Å². The smallest absolute Gasteiger partial charge is 0.172 e. The summed E-state index contributed by atoms with van der Waals surface area (Å²) in [6.07, 6.45) is 2.50. The molecule has 0 aromatic heterocycles. The zero-order valence-electron chi connectivity index (χ0n) is 6.01. The second kappa shape index (κ2) is 2.86. The lowest BCUT2D eigenvalue weighted by Crippen LogP contribution is -2.35. The first-order chi connectivity index (χ1) is 4.97. The van der Waals surface area contributed by atoms with Gasteiger partial charge in [0.1, 0.15) is 0 Å². The summed E-state index contributed by atoms with van der Waals surface area (Å²) in [6.45, 7) is 2.65. The molecule has 0 aromatic carbocycles. The molecule has 58 valence electrons. The summed E-state index contributed by atoms with van der Waals surface area (Å²) < 4.78 is 10.7. The molecule has 1 N–H and O–H groups in total. The van der Waals surface area contributed by atoms with E-state index in [1.54, 1.807) is 0 Å². The quantitative estimate of drug-likeness (QED) is 0.565.